The van der Waals surface area contributed by atoms with E-state index in [1.807, 2.05) is 12.1 Å². The van der Waals surface area contributed by atoms with Crippen LogP contribution in [0, 0.1) is 16.7 Å². The molecular weight excluding hydrogens is 264 g/mol. The van der Waals surface area contributed by atoms with Gasteiger partial charge in [0.25, 0.3) is 0 Å². The summed E-state index contributed by atoms with van der Waals surface area (Å²) in [5.41, 5.74) is 1.08. The zero-order valence-corrected chi connectivity index (χ0v) is 11.0. The van der Waals surface area contributed by atoms with Crippen molar-refractivity contribution in [3.63, 3.8) is 0 Å². The van der Waals surface area contributed by atoms with Gasteiger partial charge in [0, 0.05) is 23.8 Å². The predicted molar refractivity (Wildman–Crippen MR) is 69.3 cm³/mol. The molecule has 1 aromatic carbocycles. The van der Waals surface area contributed by atoms with Crippen molar-refractivity contribution >= 4 is 21.6 Å². The summed E-state index contributed by atoms with van der Waals surface area (Å²) in [5, 5.41) is 9.19. The molecule has 0 aromatic heterocycles. The van der Waals surface area contributed by atoms with Crippen molar-refractivity contribution in [1.82, 2.24) is 0 Å². The maximum Gasteiger partial charge on any atom is 0.0748 e. The van der Waals surface area contributed by atoms with E-state index in [0.29, 0.717) is 0 Å². The highest BCUT2D eigenvalue weighted by Crippen LogP contribution is 2.41. The molecule has 0 saturated heterocycles. The Bertz CT molecular complexity index is 401. The Morgan fingerprint density at radius 2 is 2.00 bits per heavy atom. The van der Waals surface area contributed by atoms with Crippen LogP contribution in [0.2, 0.25) is 0 Å². The lowest BCUT2D eigenvalue weighted by atomic mass is 9.69. The SMILES string of the molecule is CN(CC1(C#N)CCC1)c1ccc(Br)cc1. The van der Waals surface area contributed by atoms with E-state index in [1.165, 1.54) is 12.1 Å². The van der Waals surface area contributed by atoms with E-state index in [2.05, 4.69) is 46.1 Å². The van der Waals surface area contributed by atoms with Gasteiger partial charge >= 0.3 is 0 Å². The molecule has 1 aliphatic rings. The molecule has 0 bridgehead atoms. The van der Waals surface area contributed by atoms with Crippen molar-refractivity contribution in [2.45, 2.75) is 19.3 Å². The van der Waals surface area contributed by atoms with Crippen LogP contribution in [0.5, 0.6) is 0 Å². The summed E-state index contributed by atoms with van der Waals surface area (Å²) in [7, 11) is 2.06. The second-order valence-electron chi connectivity index (χ2n) is 4.58. The van der Waals surface area contributed by atoms with Gasteiger partial charge in [0.05, 0.1) is 11.5 Å². The zero-order valence-electron chi connectivity index (χ0n) is 9.41. The molecule has 16 heavy (non-hydrogen) atoms. The van der Waals surface area contributed by atoms with Crippen LogP contribution in [0.3, 0.4) is 0 Å². The molecule has 0 atom stereocenters. The van der Waals surface area contributed by atoms with Gasteiger partial charge in [-0.15, -0.1) is 0 Å². The minimum Gasteiger partial charge on any atom is -0.373 e. The highest BCUT2D eigenvalue weighted by atomic mass is 79.9. The molecule has 0 spiro atoms. The van der Waals surface area contributed by atoms with Crippen molar-refractivity contribution in [2.75, 3.05) is 18.5 Å². The largest absolute Gasteiger partial charge is 0.373 e. The van der Waals surface area contributed by atoms with E-state index in [9.17, 15) is 5.26 Å². The average Bonchev–Trinajstić information content (AvgIpc) is 2.24. The number of nitriles is 1. The number of hydrogen-bond donors (Lipinski definition) is 0. The molecule has 0 heterocycles. The summed E-state index contributed by atoms with van der Waals surface area (Å²) in [6.45, 7) is 0.838. The summed E-state index contributed by atoms with van der Waals surface area (Å²) < 4.78 is 1.09. The monoisotopic (exact) mass is 278 g/mol. The predicted octanol–water partition coefficient (Wildman–Crippen LogP) is 3.58. The molecule has 3 heteroatoms. The molecule has 0 radical (unpaired) electrons. The Kier molecular flexibility index (Phi) is 3.20. The van der Waals surface area contributed by atoms with Gasteiger partial charge in [0.15, 0.2) is 0 Å². The molecule has 1 fully saturated rings. The van der Waals surface area contributed by atoms with Gasteiger partial charge in [-0.3, -0.25) is 0 Å². The van der Waals surface area contributed by atoms with Crippen molar-refractivity contribution in [3.05, 3.63) is 28.7 Å². The lowest BCUT2D eigenvalue weighted by molar-refractivity contribution is 0.223. The van der Waals surface area contributed by atoms with Gasteiger partial charge in [-0.1, -0.05) is 22.4 Å². The molecule has 1 aliphatic carbocycles. The molecule has 2 nitrogen and oxygen atoms in total. The van der Waals surface area contributed by atoms with Crippen LogP contribution in [0.15, 0.2) is 28.7 Å². The molecule has 2 rings (SSSR count). The first kappa shape index (κ1) is 11.5. The molecule has 0 amide bonds. The first-order valence-corrected chi connectivity index (χ1v) is 6.32. The molecular formula is C13H15BrN2. The number of hydrogen-bond acceptors (Lipinski definition) is 2. The van der Waals surface area contributed by atoms with Crippen LogP contribution in [-0.2, 0) is 0 Å². The Labute approximate surface area is 105 Å². The first-order chi connectivity index (χ1) is 7.65. The minimum absolute atomic E-state index is 0.0954. The van der Waals surface area contributed by atoms with Crippen molar-refractivity contribution < 1.29 is 0 Å². The average molecular weight is 279 g/mol. The highest BCUT2D eigenvalue weighted by molar-refractivity contribution is 9.10. The van der Waals surface area contributed by atoms with Gasteiger partial charge < -0.3 is 4.90 Å². The first-order valence-electron chi connectivity index (χ1n) is 5.53. The number of halogens is 1. The van der Waals surface area contributed by atoms with Crippen LogP contribution in [-0.4, -0.2) is 13.6 Å². The van der Waals surface area contributed by atoms with Gasteiger partial charge in [-0.05, 0) is 37.1 Å². The van der Waals surface area contributed by atoms with Crippen LogP contribution in [0.4, 0.5) is 5.69 Å². The molecule has 84 valence electrons. The van der Waals surface area contributed by atoms with Crippen LogP contribution >= 0.6 is 15.9 Å². The van der Waals surface area contributed by atoms with Crippen molar-refractivity contribution in [2.24, 2.45) is 5.41 Å². The fourth-order valence-electron chi connectivity index (χ4n) is 2.15. The van der Waals surface area contributed by atoms with Gasteiger partial charge in [-0.2, -0.15) is 5.26 Å². The number of nitrogens with zero attached hydrogens (tertiary/aromatic N) is 2. The summed E-state index contributed by atoms with van der Waals surface area (Å²) >= 11 is 3.42. The van der Waals surface area contributed by atoms with Crippen molar-refractivity contribution in [1.29, 1.82) is 5.26 Å². The fourth-order valence-corrected chi connectivity index (χ4v) is 2.41. The summed E-state index contributed by atoms with van der Waals surface area (Å²) in [4.78, 5) is 2.18. The van der Waals surface area contributed by atoms with E-state index >= 15 is 0 Å². The lowest BCUT2D eigenvalue weighted by Crippen LogP contribution is -2.39. The van der Waals surface area contributed by atoms with Crippen LogP contribution in [0.1, 0.15) is 19.3 Å². The summed E-state index contributed by atoms with van der Waals surface area (Å²) in [5.74, 6) is 0. The molecule has 0 aliphatic heterocycles. The standard InChI is InChI=1S/C13H15BrN2/c1-16(10-13(9-15)7-2-8-13)12-5-3-11(14)4-6-12/h3-6H,2,7-8,10H2,1H3. The van der Waals surface area contributed by atoms with Crippen LogP contribution in [0.25, 0.3) is 0 Å². The van der Waals surface area contributed by atoms with Crippen molar-refractivity contribution in [3.8, 4) is 6.07 Å². The quantitative estimate of drug-likeness (QED) is 0.845. The second kappa shape index (κ2) is 4.47. The molecule has 0 unspecified atom stereocenters. The second-order valence-corrected chi connectivity index (χ2v) is 5.49. The smallest absolute Gasteiger partial charge is 0.0748 e. The Balaban J connectivity index is 2.05. The van der Waals surface area contributed by atoms with Gasteiger partial charge in [0.1, 0.15) is 0 Å². The van der Waals surface area contributed by atoms with Gasteiger partial charge in [-0.25, -0.2) is 0 Å². The minimum atomic E-state index is -0.0954. The maximum absolute atomic E-state index is 9.19. The van der Waals surface area contributed by atoms with E-state index in [4.69, 9.17) is 0 Å². The summed E-state index contributed by atoms with van der Waals surface area (Å²) in [6.07, 6.45) is 3.29. The highest BCUT2D eigenvalue weighted by Gasteiger charge is 2.38. The van der Waals surface area contributed by atoms with E-state index in [1.54, 1.807) is 0 Å². The maximum atomic E-state index is 9.19. The number of benzene rings is 1. The number of rotatable bonds is 3. The third kappa shape index (κ3) is 2.22. The van der Waals surface area contributed by atoms with E-state index in [-0.39, 0.29) is 5.41 Å². The number of anilines is 1. The molecule has 0 N–H and O–H groups in total. The van der Waals surface area contributed by atoms with Gasteiger partial charge in [0.2, 0.25) is 0 Å². The van der Waals surface area contributed by atoms with Crippen LogP contribution < -0.4 is 4.90 Å². The normalized spacial score (nSPS) is 17.3. The van der Waals surface area contributed by atoms with E-state index < -0.39 is 0 Å². The molecule has 1 saturated carbocycles. The Morgan fingerprint density at radius 1 is 1.38 bits per heavy atom. The third-order valence-electron chi connectivity index (χ3n) is 3.36. The van der Waals surface area contributed by atoms with E-state index in [0.717, 1.165) is 23.9 Å². The molecule has 1 aromatic rings. The zero-order chi connectivity index (χ0) is 11.6. The fraction of sp³-hybridized carbons (Fsp3) is 0.462. The topological polar surface area (TPSA) is 27.0 Å². The Morgan fingerprint density at radius 3 is 2.44 bits per heavy atom. The lowest BCUT2D eigenvalue weighted by Gasteiger charge is -2.39. The summed E-state index contributed by atoms with van der Waals surface area (Å²) in [6, 6.07) is 10.7. The third-order valence-corrected chi connectivity index (χ3v) is 3.88. The Hall–Kier alpha value is -1.01.